The summed E-state index contributed by atoms with van der Waals surface area (Å²) in [4.78, 5) is 23.0. The van der Waals surface area contributed by atoms with E-state index in [-0.39, 0.29) is 12.2 Å². The summed E-state index contributed by atoms with van der Waals surface area (Å²) in [5.41, 5.74) is 3.57. The lowest BCUT2D eigenvalue weighted by Gasteiger charge is -2.08. The van der Waals surface area contributed by atoms with Crippen molar-refractivity contribution in [2.75, 3.05) is 6.61 Å². The summed E-state index contributed by atoms with van der Waals surface area (Å²) in [5, 5.41) is 18.1. The third-order valence-electron chi connectivity index (χ3n) is 5.02. The summed E-state index contributed by atoms with van der Waals surface area (Å²) < 4.78 is 5.77. The molecule has 0 fully saturated rings. The molecule has 3 aromatic rings. The van der Waals surface area contributed by atoms with Gasteiger partial charge in [-0.2, -0.15) is 0 Å². The number of hydrogen-bond acceptors (Lipinski definition) is 4. The molecule has 3 aromatic carbocycles. The van der Waals surface area contributed by atoms with E-state index < -0.39 is 12.1 Å². The fourth-order valence-corrected chi connectivity index (χ4v) is 3.23. The van der Waals surface area contributed by atoms with Gasteiger partial charge in [0.1, 0.15) is 5.75 Å². The van der Waals surface area contributed by atoms with Crippen molar-refractivity contribution >= 4 is 11.8 Å². The Morgan fingerprint density at radius 3 is 2.10 bits per heavy atom. The molecule has 160 valence electrons. The minimum absolute atomic E-state index is 0.0213. The molecule has 0 amide bonds. The monoisotopic (exact) mass is 418 g/mol. The lowest BCUT2D eigenvalue weighted by Crippen LogP contribution is -2.21. The molecule has 1 atom stereocenters. The Kier molecular flexibility index (Phi) is 7.96. The van der Waals surface area contributed by atoms with Crippen LogP contribution in [0.3, 0.4) is 0 Å². The number of ether oxygens (including phenoxy) is 1. The summed E-state index contributed by atoms with van der Waals surface area (Å²) >= 11 is 0. The van der Waals surface area contributed by atoms with E-state index in [0.717, 1.165) is 24.2 Å². The second-order valence-electron chi connectivity index (χ2n) is 7.37. The van der Waals surface area contributed by atoms with E-state index >= 15 is 0 Å². The summed E-state index contributed by atoms with van der Waals surface area (Å²) in [6.07, 6.45) is 0.507. The van der Waals surface area contributed by atoms with Crippen LogP contribution in [-0.4, -0.2) is 34.7 Å². The van der Waals surface area contributed by atoms with E-state index in [9.17, 15) is 14.7 Å². The van der Waals surface area contributed by atoms with Crippen molar-refractivity contribution in [2.45, 2.75) is 31.8 Å². The van der Waals surface area contributed by atoms with Crippen molar-refractivity contribution in [1.82, 2.24) is 0 Å². The van der Waals surface area contributed by atoms with Gasteiger partial charge in [-0.1, -0.05) is 66.7 Å². The molecule has 0 bridgehead atoms. The van der Waals surface area contributed by atoms with Crippen molar-refractivity contribution < 1.29 is 24.5 Å². The van der Waals surface area contributed by atoms with Crippen molar-refractivity contribution in [1.29, 1.82) is 0 Å². The molecule has 31 heavy (non-hydrogen) atoms. The number of carbonyl (C=O) groups is 2. The van der Waals surface area contributed by atoms with Crippen LogP contribution in [0.4, 0.5) is 0 Å². The zero-order chi connectivity index (χ0) is 22.1. The number of carboxylic acid groups (broad SMARTS) is 1. The third kappa shape index (κ3) is 6.79. The third-order valence-corrected chi connectivity index (χ3v) is 5.02. The lowest BCUT2D eigenvalue weighted by atomic mass is 10.0. The number of rotatable bonds is 11. The number of aliphatic hydroxyl groups is 1. The van der Waals surface area contributed by atoms with Crippen molar-refractivity contribution in [3.8, 4) is 16.9 Å². The SMILES string of the molecule is O=C(CCCCOc1ccc(-c2ccccc2)cc1)c1ccc(CC(O)C(=O)O)cc1. The first-order chi connectivity index (χ1) is 15.0. The maximum atomic E-state index is 12.3. The highest BCUT2D eigenvalue weighted by Crippen LogP contribution is 2.22. The average molecular weight is 418 g/mol. The van der Waals surface area contributed by atoms with E-state index in [0.29, 0.717) is 24.2 Å². The summed E-state index contributed by atoms with van der Waals surface area (Å²) in [6.45, 7) is 0.546. The highest BCUT2D eigenvalue weighted by molar-refractivity contribution is 5.96. The lowest BCUT2D eigenvalue weighted by molar-refractivity contribution is -0.146. The van der Waals surface area contributed by atoms with Gasteiger partial charge in [-0.15, -0.1) is 0 Å². The molecular weight excluding hydrogens is 392 g/mol. The second kappa shape index (κ2) is 11.1. The predicted octanol–water partition coefficient (Wildman–Crippen LogP) is 4.77. The molecule has 0 spiro atoms. The van der Waals surface area contributed by atoms with Crippen LogP contribution in [-0.2, 0) is 11.2 Å². The molecule has 0 aliphatic heterocycles. The first kappa shape index (κ1) is 22.2. The number of hydrogen-bond donors (Lipinski definition) is 2. The molecule has 0 saturated carbocycles. The van der Waals surface area contributed by atoms with Gasteiger partial charge < -0.3 is 14.9 Å². The predicted molar refractivity (Wildman–Crippen MR) is 119 cm³/mol. The normalized spacial score (nSPS) is 11.6. The molecule has 0 aliphatic rings. The smallest absolute Gasteiger partial charge is 0.332 e. The molecule has 0 radical (unpaired) electrons. The van der Waals surface area contributed by atoms with Gasteiger partial charge in [0.15, 0.2) is 11.9 Å². The van der Waals surface area contributed by atoms with Crippen LogP contribution in [0.15, 0.2) is 78.9 Å². The largest absolute Gasteiger partial charge is 0.494 e. The first-order valence-corrected chi connectivity index (χ1v) is 10.3. The zero-order valence-electron chi connectivity index (χ0n) is 17.2. The highest BCUT2D eigenvalue weighted by atomic mass is 16.5. The van der Waals surface area contributed by atoms with Crippen molar-refractivity contribution in [2.24, 2.45) is 0 Å². The Morgan fingerprint density at radius 2 is 1.45 bits per heavy atom. The van der Waals surface area contributed by atoms with Crippen LogP contribution in [0, 0.1) is 0 Å². The number of aliphatic hydroxyl groups excluding tert-OH is 1. The maximum absolute atomic E-state index is 12.3. The van der Waals surface area contributed by atoms with Gasteiger partial charge in [-0.05, 0) is 41.7 Å². The molecule has 5 nitrogen and oxygen atoms in total. The minimum Gasteiger partial charge on any atom is -0.494 e. The van der Waals surface area contributed by atoms with Gasteiger partial charge in [0, 0.05) is 18.4 Å². The Balaban J connectivity index is 1.38. The minimum atomic E-state index is -1.43. The fourth-order valence-electron chi connectivity index (χ4n) is 3.23. The van der Waals surface area contributed by atoms with E-state index in [1.54, 1.807) is 24.3 Å². The van der Waals surface area contributed by atoms with Crippen molar-refractivity contribution in [3.05, 3.63) is 90.0 Å². The molecular formula is C26H26O5. The molecule has 0 aliphatic carbocycles. The molecule has 0 saturated heterocycles. The summed E-state index contributed by atoms with van der Waals surface area (Å²) in [7, 11) is 0. The zero-order valence-corrected chi connectivity index (χ0v) is 17.2. The average Bonchev–Trinajstić information content (AvgIpc) is 2.80. The second-order valence-corrected chi connectivity index (χ2v) is 7.37. The van der Waals surface area contributed by atoms with Gasteiger partial charge in [0.25, 0.3) is 0 Å². The maximum Gasteiger partial charge on any atom is 0.332 e. The standard InChI is InChI=1S/C26H26O5/c27-24(22-11-9-19(10-12-22)18-25(28)26(29)30)8-4-5-17-31-23-15-13-21(14-16-23)20-6-2-1-3-7-20/h1-3,6-7,9-16,25,28H,4-5,8,17-18H2,(H,29,30). The van der Waals surface area contributed by atoms with Crippen LogP contribution in [0.2, 0.25) is 0 Å². The summed E-state index contributed by atoms with van der Waals surface area (Å²) in [5.74, 6) is -0.405. The van der Waals surface area contributed by atoms with E-state index in [1.807, 2.05) is 42.5 Å². The van der Waals surface area contributed by atoms with Crippen LogP contribution in [0.1, 0.15) is 35.2 Å². The molecule has 0 aromatic heterocycles. The first-order valence-electron chi connectivity index (χ1n) is 10.3. The van der Waals surface area contributed by atoms with Gasteiger partial charge in [-0.3, -0.25) is 4.79 Å². The number of carboxylic acids is 1. The van der Waals surface area contributed by atoms with E-state index in [4.69, 9.17) is 9.84 Å². The number of ketones is 1. The van der Waals surface area contributed by atoms with Crippen LogP contribution in [0.5, 0.6) is 5.75 Å². The fraction of sp³-hybridized carbons (Fsp3) is 0.231. The summed E-state index contributed by atoms with van der Waals surface area (Å²) in [6, 6.07) is 24.9. The molecule has 5 heteroatoms. The molecule has 2 N–H and O–H groups in total. The molecule has 3 rings (SSSR count). The van der Waals surface area contributed by atoms with Gasteiger partial charge in [0.2, 0.25) is 0 Å². The Hall–Kier alpha value is -3.44. The topological polar surface area (TPSA) is 83.8 Å². The number of Topliss-reactive ketones (excluding diaryl/α,β-unsaturated/α-hetero) is 1. The van der Waals surface area contributed by atoms with Gasteiger partial charge in [-0.25, -0.2) is 4.79 Å². The van der Waals surface area contributed by atoms with E-state index in [2.05, 4.69) is 12.1 Å². The number of unbranched alkanes of at least 4 members (excludes halogenated alkanes) is 1. The molecule has 0 heterocycles. The van der Waals surface area contributed by atoms with Crippen LogP contribution in [0.25, 0.3) is 11.1 Å². The van der Waals surface area contributed by atoms with Gasteiger partial charge in [0.05, 0.1) is 6.61 Å². The quantitative estimate of drug-likeness (QED) is 0.346. The number of carbonyl (C=O) groups excluding carboxylic acids is 1. The molecule has 1 unspecified atom stereocenters. The Morgan fingerprint density at radius 1 is 0.806 bits per heavy atom. The number of aliphatic carboxylic acids is 1. The van der Waals surface area contributed by atoms with E-state index in [1.165, 1.54) is 5.56 Å². The van der Waals surface area contributed by atoms with Crippen LogP contribution >= 0.6 is 0 Å². The Labute approximate surface area is 181 Å². The van der Waals surface area contributed by atoms with Crippen LogP contribution < -0.4 is 4.74 Å². The van der Waals surface area contributed by atoms with Crippen molar-refractivity contribution in [3.63, 3.8) is 0 Å². The van der Waals surface area contributed by atoms with Gasteiger partial charge >= 0.3 is 5.97 Å². The highest BCUT2D eigenvalue weighted by Gasteiger charge is 2.14. The Bertz CT molecular complexity index is 979. The number of benzene rings is 3.